The minimum Gasteiger partial charge on any atom is -0.299 e. The number of benzene rings is 1. The van der Waals surface area contributed by atoms with Crippen LogP contribution in [-0.2, 0) is 11.2 Å². The summed E-state index contributed by atoms with van der Waals surface area (Å²) in [7, 11) is 0. The lowest BCUT2D eigenvalue weighted by molar-refractivity contribution is -0.116. The van der Waals surface area contributed by atoms with Crippen LogP contribution in [0, 0.1) is 0 Å². The third-order valence-corrected chi connectivity index (χ3v) is 2.99. The first-order valence-corrected chi connectivity index (χ1v) is 5.13. The molecule has 0 spiro atoms. The summed E-state index contributed by atoms with van der Waals surface area (Å²) in [6.07, 6.45) is 0.899. The fourth-order valence-electron chi connectivity index (χ4n) is 1.71. The Bertz CT molecular complexity index is 351. The summed E-state index contributed by atoms with van der Waals surface area (Å²) in [6.45, 7) is 1.59. The molecule has 0 fully saturated rings. The van der Waals surface area contributed by atoms with E-state index in [1.165, 1.54) is 5.56 Å². The number of alkyl halides is 1. The lowest BCUT2D eigenvalue weighted by Crippen LogP contribution is -2.31. The zero-order valence-electron chi connectivity index (χ0n) is 7.33. The van der Waals surface area contributed by atoms with Gasteiger partial charge in [-0.25, -0.2) is 0 Å². The second-order valence-electron chi connectivity index (χ2n) is 3.16. The maximum Gasteiger partial charge on any atom is 0.224 e. The number of amides is 1. The van der Waals surface area contributed by atoms with E-state index in [1.54, 1.807) is 11.8 Å². The van der Waals surface area contributed by atoms with Gasteiger partial charge in [0.2, 0.25) is 5.91 Å². The van der Waals surface area contributed by atoms with Crippen molar-refractivity contribution in [2.24, 2.45) is 0 Å². The first-order chi connectivity index (χ1) is 6.20. The molecule has 0 aromatic heterocycles. The van der Waals surface area contributed by atoms with Crippen molar-refractivity contribution in [2.75, 3.05) is 4.90 Å². The van der Waals surface area contributed by atoms with Crippen molar-refractivity contribution in [3.05, 3.63) is 29.8 Å². The number of para-hydroxylation sites is 1. The van der Waals surface area contributed by atoms with Crippen LogP contribution in [0.3, 0.4) is 0 Å². The van der Waals surface area contributed by atoms with Crippen LogP contribution in [0.4, 0.5) is 5.69 Å². The predicted octanol–water partition coefficient (Wildman–Crippen LogP) is 2.32. The first-order valence-electron chi connectivity index (χ1n) is 4.22. The van der Waals surface area contributed by atoms with Crippen molar-refractivity contribution < 1.29 is 4.79 Å². The van der Waals surface area contributed by atoms with E-state index in [0.717, 1.165) is 12.1 Å². The Morgan fingerprint density at radius 2 is 2.23 bits per heavy atom. The number of hydrogen-bond acceptors (Lipinski definition) is 1. The molecule has 0 saturated carbocycles. The number of fused-ring (bicyclic) bond motifs is 1. The van der Waals surface area contributed by atoms with Crippen LogP contribution in [0.1, 0.15) is 12.5 Å². The molecule has 0 aliphatic carbocycles. The van der Waals surface area contributed by atoms with Crippen LogP contribution in [0.5, 0.6) is 0 Å². The third kappa shape index (κ3) is 1.37. The topological polar surface area (TPSA) is 20.3 Å². The molecular formula is C10H10BrNO. The molecule has 1 unspecified atom stereocenters. The van der Waals surface area contributed by atoms with E-state index in [1.807, 2.05) is 18.2 Å². The van der Waals surface area contributed by atoms with Gasteiger partial charge in [0.15, 0.2) is 0 Å². The molecule has 0 bridgehead atoms. The quantitative estimate of drug-likeness (QED) is 0.503. The highest BCUT2D eigenvalue weighted by molar-refractivity contribution is 9.09. The number of halogens is 1. The number of carbonyl (C=O) groups excluding carboxylic acids is 1. The maximum absolute atomic E-state index is 11.3. The molecule has 3 heteroatoms. The Morgan fingerprint density at radius 3 is 2.92 bits per heavy atom. The van der Waals surface area contributed by atoms with Crippen LogP contribution in [0.2, 0.25) is 0 Å². The number of carbonyl (C=O) groups is 1. The fraction of sp³-hybridized carbons (Fsp3) is 0.300. The van der Waals surface area contributed by atoms with Gasteiger partial charge in [0, 0.05) is 19.0 Å². The summed E-state index contributed by atoms with van der Waals surface area (Å²) < 4.78 is 0. The molecule has 13 heavy (non-hydrogen) atoms. The van der Waals surface area contributed by atoms with Crippen LogP contribution in [0.25, 0.3) is 0 Å². The monoisotopic (exact) mass is 239 g/mol. The van der Waals surface area contributed by atoms with Gasteiger partial charge in [-0.15, -0.1) is 0 Å². The van der Waals surface area contributed by atoms with Gasteiger partial charge in [0.1, 0.15) is 0 Å². The van der Waals surface area contributed by atoms with Gasteiger partial charge in [-0.1, -0.05) is 34.1 Å². The first kappa shape index (κ1) is 8.75. The average Bonchev–Trinajstić information content (AvgIpc) is 2.39. The van der Waals surface area contributed by atoms with E-state index >= 15 is 0 Å². The second-order valence-corrected chi connectivity index (χ2v) is 4.21. The van der Waals surface area contributed by atoms with Gasteiger partial charge in [-0.3, -0.25) is 9.69 Å². The third-order valence-electron chi connectivity index (χ3n) is 2.26. The van der Waals surface area contributed by atoms with E-state index in [-0.39, 0.29) is 10.9 Å². The number of nitrogens with zero attached hydrogens (tertiary/aromatic N) is 1. The highest BCUT2D eigenvalue weighted by Crippen LogP contribution is 2.34. The standard InChI is InChI=1S/C10H10BrNO/c1-7(13)12-9-5-3-2-4-8(9)6-10(12)11/h2-5,10H,6H2,1H3. The molecule has 1 atom stereocenters. The average molecular weight is 240 g/mol. The van der Waals surface area contributed by atoms with Gasteiger partial charge >= 0.3 is 0 Å². The molecule has 2 nitrogen and oxygen atoms in total. The maximum atomic E-state index is 11.3. The molecule has 1 heterocycles. The van der Waals surface area contributed by atoms with Gasteiger partial charge in [0.05, 0.1) is 4.95 Å². The molecule has 1 aliphatic heterocycles. The zero-order chi connectivity index (χ0) is 9.42. The minimum atomic E-state index is 0.0897. The van der Waals surface area contributed by atoms with Crippen molar-refractivity contribution in [2.45, 2.75) is 18.3 Å². The Morgan fingerprint density at radius 1 is 1.54 bits per heavy atom. The largest absolute Gasteiger partial charge is 0.299 e. The number of rotatable bonds is 0. The Kier molecular flexibility index (Phi) is 2.12. The van der Waals surface area contributed by atoms with E-state index < -0.39 is 0 Å². The Hall–Kier alpha value is -0.830. The Balaban J connectivity index is 2.46. The van der Waals surface area contributed by atoms with Crippen LogP contribution >= 0.6 is 15.9 Å². The summed E-state index contributed by atoms with van der Waals surface area (Å²) in [6, 6.07) is 8.01. The van der Waals surface area contributed by atoms with Crippen molar-refractivity contribution in [3.8, 4) is 0 Å². The van der Waals surface area contributed by atoms with Crippen molar-refractivity contribution in [1.29, 1.82) is 0 Å². The van der Waals surface area contributed by atoms with Gasteiger partial charge in [-0.2, -0.15) is 0 Å². The fourth-order valence-corrected chi connectivity index (χ4v) is 2.57. The summed E-state index contributed by atoms with van der Waals surface area (Å²) in [5.41, 5.74) is 2.27. The van der Waals surface area contributed by atoms with Crippen molar-refractivity contribution >= 4 is 27.5 Å². The van der Waals surface area contributed by atoms with Crippen molar-refractivity contribution in [3.63, 3.8) is 0 Å². The van der Waals surface area contributed by atoms with E-state index in [0.29, 0.717) is 0 Å². The lowest BCUT2D eigenvalue weighted by atomic mass is 10.2. The molecule has 1 amide bonds. The number of anilines is 1. The highest BCUT2D eigenvalue weighted by atomic mass is 79.9. The smallest absolute Gasteiger partial charge is 0.224 e. The van der Waals surface area contributed by atoms with Crippen LogP contribution < -0.4 is 4.90 Å². The molecule has 0 N–H and O–H groups in total. The molecule has 0 saturated heterocycles. The highest BCUT2D eigenvalue weighted by Gasteiger charge is 2.29. The summed E-state index contributed by atoms with van der Waals surface area (Å²) in [5.74, 6) is 0.0897. The SMILES string of the molecule is CC(=O)N1c2ccccc2CC1Br. The zero-order valence-corrected chi connectivity index (χ0v) is 8.91. The summed E-state index contributed by atoms with van der Waals surface area (Å²) in [5, 5.41) is 0. The number of hydrogen-bond donors (Lipinski definition) is 0. The summed E-state index contributed by atoms with van der Waals surface area (Å²) >= 11 is 3.49. The molecule has 0 radical (unpaired) electrons. The minimum absolute atomic E-state index is 0.0897. The van der Waals surface area contributed by atoms with Crippen LogP contribution in [-0.4, -0.2) is 10.9 Å². The van der Waals surface area contributed by atoms with Gasteiger partial charge < -0.3 is 0 Å². The molecule has 2 rings (SSSR count). The van der Waals surface area contributed by atoms with Gasteiger partial charge in [-0.05, 0) is 11.6 Å². The normalized spacial score (nSPS) is 20.2. The lowest BCUT2D eigenvalue weighted by Gasteiger charge is -2.18. The predicted molar refractivity (Wildman–Crippen MR) is 56.0 cm³/mol. The Labute approximate surface area is 85.7 Å². The van der Waals surface area contributed by atoms with Crippen LogP contribution in [0.15, 0.2) is 24.3 Å². The molecule has 1 aromatic carbocycles. The van der Waals surface area contributed by atoms with E-state index in [4.69, 9.17) is 0 Å². The molecule has 1 aliphatic rings. The van der Waals surface area contributed by atoms with Gasteiger partial charge in [0.25, 0.3) is 0 Å². The van der Waals surface area contributed by atoms with E-state index in [9.17, 15) is 4.79 Å². The van der Waals surface area contributed by atoms with Crippen molar-refractivity contribution in [1.82, 2.24) is 0 Å². The second kappa shape index (κ2) is 3.14. The molecular weight excluding hydrogens is 230 g/mol. The molecule has 1 aromatic rings. The van der Waals surface area contributed by atoms with E-state index in [2.05, 4.69) is 22.0 Å². The summed E-state index contributed by atoms with van der Waals surface area (Å²) in [4.78, 5) is 13.2. The molecule has 68 valence electrons.